The van der Waals surface area contributed by atoms with Gasteiger partial charge in [0.15, 0.2) is 6.17 Å². The van der Waals surface area contributed by atoms with Gasteiger partial charge >= 0.3 is 12.0 Å². The van der Waals surface area contributed by atoms with Gasteiger partial charge in [0.05, 0.1) is 0 Å². The van der Waals surface area contributed by atoms with Crippen molar-refractivity contribution in [2.24, 2.45) is 0 Å². The van der Waals surface area contributed by atoms with Crippen LogP contribution in [0.5, 0.6) is 0 Å². The van der Waals surface area contributed by atoms with E-state index in [4.69, 9.17) is 0 Å². The van der Waals surface area contributed by atoms with Gasteiger partial charge in [-0.3, -0.25) is 4.79 Å². The maximum atomic E-state index is 12.1. The summed E-state index contributed by atoms with van der Waals surface area (Å²) in [6, 6.07) is 0. The highest BCUT2D eigenvalue weighted by Crippen LogP contribution is 2.38. The largest absolute Gasteiger partial charge is 0.469 e. The first kappa shape index (κ1) is 11.1. The number of rotatable bonds is 4. The van der Waals surface area contributed by atoms with Crippen LogP contribution in [0.2, 0.25) is 0 Å². The standard InChI is InChI=1S/C5H5F5O2/c1-3(6)4(7,8)5(9,10)12-2-11/h2-3H,1H3. The molecule has 0 rings (SSSR count). The van der Waals surface area contributed by atoms with E-state index in [-0.39, 0.29) is 6.92 Å². The molecule has 0 fully saturated rings. The molecule has 0 amide bonds. The molecular formula is C5H5F5O2. The van der Waals surface area contributed by atoms with Crippen molar-refractivity contribution in [1.82, 2.24) is 0 Å². The molecule has 7 heteroatoms. The average molecular weight is 192 g/mol. The van der Waals surface area contributed by atoms with E-state index in [0.717, 1.165) is 0 Å². The van der Waals surface area contributed by atoms with Crippen molar-refractivity contribution >= 4 is 6.47 Å². The maximum absolute atomic E-state index is 12.1. The Hall–Kier alpha value is -0.880. The second kappa shape index (κ2) is 3.24. The number of carbonyl (C=O) groups excluding carboxylic acids is 1. The van der Waals surface area contributed by atoms with Crippen molar-refractivity contribution in [3.05, 3.63) is 0 Å². The molecule has 0 aromatic rings. The van der Waals surface area contributed by atoms with Crippen LogP contribution in [0, 0.1) is 0 Å². The van der Waals surface area contributed by atoms with E-state index in [1.54, 1.807) is 0 Å². The third kappa shape index (κ3) is 1.83. The first-order valence-corrected chi connectivity index (χ1v) is 2.77. The summed E-state index contributed by atoms with van der Waals surface area (Å²) < 4.78 is 62.8. The molecule has 0 aliphatic rings. The molecule has 72 valence electrons. The van der Waals surface area contributed by atoms with E-state index in [1.807, 2.05) is 0 Å². The van der Waals surface area contributed by atoms with Crippen LogP contribution in [0.4, 0.5) is 22.0 Å². The Bertz CT molecular complexity index is 167. The molecule has 0 saturated heterocycles. The molecule has 0 aliphatic carbocycles. The molecule has 0 aromatic heterocycles. The lowest BCUT2D eigenvalue weighted by Crippen LogP contribution is -2.48. The summed E-state index contributed by atoms with van der Waals surface area (Å²) in [7, 11) is 0. The summed E-state index contributed by atoms with van der Waals surface area (Å²) in [6.45, 7) is -0.627. The topological polar surface area (TPSA) is 26.3 Å². The normalized spacial score (nSPS) is 15.5. The smallest absolute Gasteiger partial charge is 0.398 e. The van der Waals surface area contributed by atoms with Gasteiger partial charge in [0.2, 0.25) is 0 Å². The molecule has 1 atom stereocenters. The zero-order chi connectivity index (χ0) is 9.99. The SMILES string of the molecule is CC(F)C(F)(F)C(F)(F)OC=O. The van der Waals surface area contributed by atoms with Gasteiger partial charge in [-0.2, -0.15) is 17.6 Å². The molecule has 1 unspecified atom stereocenters. The Labute approximate surface area is 64.3 Å². The Morgan fingerprint density at radius 3 is 2.00 bits per heavy atom. The van der Waals surface area contributed by atoms with Gasteiger partial charge in [0.1, 0.15) is 0 Å². The van der Waals surface area contributed by atoms with E-state index in [2.05, 4.69) is 4.74 Å². The van der Waals surface area contributed by atoms with Crippen LogP contribution in [-0.4, -0.2) is 24.7 Å². The molecule has 0 N–H and O–H groups in total. The van der Waals surface area contributed by atoms with Crippen molar-refractivity contribution in [2.45, 2.75) is 25.1 Å². The zero-order valence-corrected chi connectivity index (χ0v) is 5.86. The predicted octanol–water partition coefficient (Wildman–Crippen LogP) is 1.75. The third-order valence-corrected chi connectivity index (χ3v) is 1.08. The molecular weight excluding hydrogens is 187 g/mol. The van der Waals surface area contributed by atoms with Crippen LogP contribution < -0.4 is 0 Å². The van der Waals surface area contributed by atoms with Gasteiger partial charge < -0.3 is 4.74 Å². The molecule has 0 aromatic carbocycles. The van der Waals surface area contributed by atoms with Crippen LogP contribution >= 0.6 is 0 Å². The third-order valence-electron chi connectivity index (χ3n) is 1.08. The molecule has 0 spiro atoms. The number of halogens is 5. The van der Waals surface area contributed by atoms with Crippen molar-refractivity contribution in [3.63, 3.8) is 0 Å². The summed E-state index contributed by atoms with van der Waals surface area (Å²) >= 11 is 0. The minimum Gasteiger partial charge on any atom is -0.398 e. The highest BCUT2D eigenvalue weighted by atomic mass is 19.3. The van der Waals surface area contributed by atoms with E-state index < -0.39 is 24.7 Å². The van der Waals surface area contributed by atoms with Crippen molar-refractivity contribution in [2.75, 3.05) is 0 Å². The molecule has 0 aliphatic heterocycles. The van der Waals surface area contributed by atoms with Crippen LogP contribution in [0.3, 0.4) is 0 Å². The number of hydrogen-bond acceptors (Lipinski definition) is 2. The monoisotopic (exact) mass is 192 g/mol. The van der Waals surface area contributed by atoms with Crippen molar-refractivity contribution in [3.8, 4) is 0 Å². The number of hydrogen-bond donors (Lipinski definition) is 0. The lowest BCUT2D eigenvalue weighted by molar-refractivity contribution is -0.339. The van der Waals surface area contributed by atoms with Gasteiger partial charge in [-0.05, 0) is 6.92 Å². The fourth-order valence-corrected chi connectivity index (χ4v) is 0.371. The quantitative estimate of drug-likeness (QED) is 0.501. The van der Waals surface area contributed by atoms with Gasteiger partial charge in [-0.15, -0.1) is 0 Å². The number of ether oxygens (including phenoxy) is 1. The Kier molecular flexibility index (Phi) is 3.00. The van der Waals surface area contributed by atoms with Gasteiger partial charge in [0.25, 0.3) is 6.47 Å². The summed E-state index contributed by atoms with van der Waals surface area (Å²) in [4.78, 5) is 9.33. The minimum atomic E-state index is -5.11. The second-order valence-corrected chi connectivity index (χ2v) is 1.97. The minimum absolute atomic E-state index is 0.238. The van der Waals surface area contributed by atoms with Crippen molar-refractivity contribution in [1.29, 1.82) is 0 Å². The molecule has 0 saturated carbocycles. The van der Waals surface area contributed by atoms with E-state index in [0.29, 0.717) is 0 Å². The van der Waals surface area contributed by atoms with E-state index >= 15 is 0 Å². The van der Waals surface area contributed by atoms with Crippen LogP contribution in [0.15, 0.2) is 0 Å². The summed E-state index contributed by atoms with van der Waals surface area (Å²) in [5.41, 5.74) is 0. The lowest BCUT2D eigenvalue weighted by atomic mass is 10.2. The molecule has 12 heavy (non-hydrogen) atoms. The van der Waals surface area contributed by atoms with Crippen molar-refractivity contribution < 1.29 is 31.5 Å². The zero-order valence-electron chi connectivity index (χ0n) is 5.86. The van der Waals surface area contributed by atoms with E-state index in [9.17, 15) is 26.7 Å². The fourth-order valence-electron chi connectivity index (χ4n) is 0.371. The Morgan fingerprint density at radius 1 is 1.33 bits per heavy atom. The van der Waals surface area contributed by atoms with Gasteiger partial charge in [-0.25, -0.2) is 4.39 Å². The maximum Gasteiger partial charge on any atom is 0.469 e. The highest BCUT2D eigenvalue weighted by molar-refractivity contribution is 5.37. The van der Waals surface area contributed by atoms with Crippen LogP contribution in [0.25, 0.3) is 0 Å². The first-order chi connectivity index (χ1) is 5.25. The Morgan fingerprint density at radius 2 is 1.75 bits per heavy atom. The molecule has 0 radical (unpaired) electrons. The predicted molar refractivity (Wildman–Crippen MR) is 27.6 cm³/mol. The Balaban J connectivity index is 4.61. The highest BCUT2D eigenvalue weighted by Gasteiger charge is 2.63. The molecule has 0 heterocycles. The van der Waals surface area contributed by atoms with E-state index in [1.165, 1.54) is 0 Å². The average Bonchev–Trinajstić information content (AvgIpc) is 1.86. The second-order valence-electron chi connectivity index (χ2n) is 1.97. The number of alkyl halides is 5. The summed E-state index contributed by atoms with van der Waals surface area (Å²) in [6.07, 6.45) is -8.21. The summed E-state index contributed by atoms with van der Waals surface area (Å²) in [5, 5.41) is 0. The van der Waals surface area contributed by atoms with Crippen LogP contribution in [0.1, 0.15) is 6.92 Å². The lowest BCUT2D eigenvalue weighted by Gasteiger charge is -2.24. The molecule has 0 bridgehead atoms. The summed E-state index contributed by atoms with van der Waals surface area (Å²) in [5.74, 6) is -5.01. The first-order valence-electron chi connectivity index (χ1n) is 2.77. The van der Waals surface area contributed by atoms with Gasteiger partial charge in [0, 0.05) is 0 Å². The van der Waals surface area contributed by atoms with Crippen LogP contribution in [-0.2, 0) is 9.53 Å². The fraction of sp³-hybridized carbons (Fsp3) is 0.800. The number of carbonyl (C=O) groups is 1. The van der Waals surface area contributed by atoms with Gasteiger partial charge in [-0.1, -0.05) is 0 Å². The molecule has 2 nitrogen and oxygen atoms in total.